The van der Waals surface area contributed by atoms with Crippen molar-refractivity contribution in [3.63, 3.8) is 0 Å². The first-order valence-corrected chi connectivity index (χ1v) is 9.12. The number of carbonyl (C=O) groups is 1. The number of methoxy groups -OCH3 is 1. The van der Waals surface area contributed by atoms with Crippen molar-refractivity contribution in [1.29, 1.82) is 0 Å². The van der Waals surface area contributed by atoms with Gasteiger partial charge in [-0.15, -0.1) is 11.3 Å². The summed E-state index contributed by atoms with van der Waals surface area (Å²) in [7, 11) is 1.56. The zero-order valence-corrected chi connectivity index (χ0v) is 14.9. The maximum Gasteiger partial charge on any atom is 0.261 e. The van der Waals surface area contributed by atoms with Crippen LogP contribution in [0.25, 0.3) is 0 Å². The topological polar surface area (TPSA) is 54.5 Å². The average Bonchev–Trinajstić information content (AvgIpc) is 3.04. The predicted molar refractivity (Wildman–Crippen MR) is 96.8 cm³/mol. The molecule has 0 radical (unpaired) electrons. The molecule has 0 bridgehead atoms. The molecule has 3 rings (SSSR count). The van der Waals surface area contributed by atoms with E-state index in [1.165, 1.54) is 35.5 Å². The Bertz CT molecular complexity index is 701. The summed E-state index contributed by atoms with van der Waals surface area (Å²) in [5.41, 5.74) is 0.515. The van der Waals surface area contributed by atoms with Crippen LogP contribution in [0.4, 0.5) is 5.13 Å². The van der Waals surface area contributed by atoms with E-state index in [0.717, 1.165) is 13.1 Å². The Labute approximate surface area is 146 Å². The van der Waals surface area contributed by atoms with Gasteiger partial charge in [-0.05, 0) is 38.4 Å². The Morgan fingerprint density at radius 3 is 3.04 bits per heavy atom. The number of nitrogens with one attached hydrogen (secondary N) is 1. The summed E-state index contributed by atoms with van der Waals surface area (Å²) in [6.07, 6.45) is 5.71. The average molecular weight is 345 g/mol. The lowest BCUT2D eigenvalue weighted by Gasteiger charge is -2.32. The van der Waals surface area contributed by atoms with Crippen molar-refractivity contribution in [3.05, 3.63) is 40.9 Å². The molecule has 1 N–H and O–H groups in total. The van der Waals surface area contributed by atoms with Crippen molar-refractivity contribution in [3.8, 4) is 5.75 Å². The Balaban J connectivity index is 1.64. The Morgan fingerprint density at radius 1 is 1.42 bits per heavy atom. The molecule has 1 atom stereocenters. The lowest BCUT2D eigenvalue weighted by molar-refractivity contribution is 0.102. The highest BCUT2D eigenvalue weighted by atomic mass is 32.1. The highest BCUT2D eigenvalue weighted by Gasteiger charge is 2.19. The van der Waals surface area contributed by atoms with E-state index < -0.39 is 0 Å². The minimum atomic E-state index is -0.195. The summed E-state index contributed by atoms with van der Waals surface area (Å²) < 4.78 is 5.24. The first kappa shape index (κ1) is 16.9. The van der Waals surface area contributed by atoms with Crippen molar-refractivity contribution in [2.45, 2.75) is 38.8 Å². The monoisotopic (exact) mass is 345 g/mol. The van der Waals surface area contributed by atoms with E-state index in [4.69, 9.17) is 4.74 Å². The van der Waals surface area contributed by atoms with Crippen molar-refractivity contribution in [1.82, 2.24) is 9.88 Å². The molecule has 128 valence electrons. The van der Waals surface area contributed by atoms with E-state index in [1.54, 1.807) is 19.2 Å². The third kappa shape index (κ3) is 3.94. The number of carbonyl (C=O) groups excluding carboxylic acids is 1. The number of benzene rings is 1. The number of para-hydroxylation sites is 1. The zero-order chi connectivity index (χ0) is 16.9. The van der Waals surface area contributed by atoms with Gasteiger partial charge in [0.25, 0.3) is 5.91 Å². The molecule has 1 amide bonds. The summed E-state index contributed by atoms with van der Waals surface area (Å²) in [6.45, 7) is 4.33. The fourth-order valence-corrected chi connectivity index (χ4v) is 3.86. The van der Waals surface area contributed by atoms with Gasteiger partial charge in [-0.2, -0.15) is 0 Å². The molecule has 0 aliphatic carbocycles. The molecule has 1 saturated heterocycles. The second-order valence-electron chi connectivity index (χ2n) is 6.10. The van der Waals surface area contributed by atoms with Crippen LogP contribution >= 0.6 is 11.3 Å². The predicted octanol–water partition coefficient (Wildman–Crippen LogP) is 3.78. The zero-order valence-electron chi connectivity index (χ0n) is 14.1. The number of hydrogen-bond donors (Lipinski definition) is 1. The van der Waals surface area contributed by atoms with Crippen molar-refractivity contribution in [2.75, 3.05) is 19.0 Å². The number of likely N-dealkylation sites (tertiary alicyclic amines) is 1. The molecule has 0 saturated carbocycles. The summed E-state index contributed by atoms with van der Waals surface area (Å²) in [4.78, 5) is 20.4. The van der Waals surface area contributed by atoms with Crippen LogP contribution in [0.1, 0.15) is 41.4 Å². The first-order valence-electron chi connectivity index (χ1n) is 8.30. The number of nitrogens with zero attached hydrogens (tertiary/aromatic N) is 2. The van der Waals surface area contributed by atoms with Crippen LogP contribution in [0, 0.1) is 0 Å². The van der Waals surface area contributed by atoms with Crippen LogP contribution in [0.3, 0.4) is 0 Å². The molecule has 0 spiro atoms. The number of aromatic nitrogens is 1. The lowest BCUT2D eigenvalue weighted by atomic mass is 10.0. The van der Waals surface area contributed by atoms with E-state index >= 15 is 0 Å². The van der Waals surface area contributed by atoms with Gasteiger partial charge in [0, 0.05) is 23.7 Å². The first-order chi connectivity index (χ1) is 11.7. The van der Waals surface area contributed by atoms with E-state index in [-0.39, 0.29) is 5.91 Å². The molecule has 1 aliphatic rings. The molecule has 1 aliphatic heterocycles. The molecule has 1 unspecified atom stereocenters. The van der Waals surface area contributed by atoms with Gasteiger partial charge in [0.1, 0.15) is 5.75 Å². The molecular formula is C18H23N3O2S. The van der Waals surface area contributed by atoms with Crippen molar-refractivity contribution in [2.24, 2.45) is 0 Å². The summed E-state index contributed by atoms with van der Waals surface area (Å²) in [5.74, 6) is 0.369. The van der Waals surface area contributed by atoms with Crippen LogP contribution in [0.15, 0.2) is 30.5 Å². The smallest absolute Gasteiger partial charge is 0.261 e. The van der Waals surface area contributed by atoms with Gasteiger partial charge in [-0.25, -0.2) is 4.98 Å². The SMILES string of the molecule is COc1ccccc1C(=O)Nc1ncc(CN2CCCCC2C)s1. The maximum absolute atomic E-state index is 12.4. The van der Waals surface area contributed by atoms with Gasteiger partial charge >= 0.3 is 0 Å². The van der Waals surface area contributed by atoms with Crippen LogP contribution < -0.4 is 10.1 Å². The van der Waals surface area contributed by atoms with Crippen LogP contribution in [0.2, 0.25) is 0 Å². The van der Waals surface area contributed by atoms with Crippen LogP contribution in [-0.4, -0.2) is 35.5 Å². The molecule has 1 aromatic carbocycles. The van der Waals surface area contributed by atoms with Gasteiger partial charge in [0.2, 0.25) is 0 Å². The Hall–Kier alpha value is -1.92. The normalized spacial score (nSPS) is 18.3. The summed E-state index contributed by atoms with van der Waals surface area (Å²) in [5, 5.41) is 3.50. The molecule has 24 heavy (non-hydrogen) atoms. The lowest BCUT2D eigenvalue weighted by Crippen LogP contribution is -2.36. The van der Waals surface area contributed by atoms with Gasteiger partial charge < -0.3 is 4.74 Å². The minimum Gasteiger partial charge on any atom is -0.496 e. The number of ether oxygens (including phenoxy) is 1. The quantitative estimate of drug-likeness (QED) is 0.896. The van der Waals surface area contributed by atoms with E-state index in [1.807, 2.05) is 18.3 Å². The summed E-state index contributed by atoms with van der Waals surface area (Å²) in [6, 6.07) is 7.81. The molecule has 6 heteroatoms. The van der Waals surface area contributed by atoms with E-state index in [9.17, 15) is 4.79 Å². The number of amides is 1. The Kier molecular flexibility index (Phi) is 5.48. The van der Waals surface area contributed by atoms with Gasteiger partial charge in [-0.1, -0.05) is 18.6 Å². The number of rotatable bonds is 5. The number of anilines is 1. The largest absolute Gasteiger partial charge is 0.496 e. The second-order valence-corrected chi connectivity index (χ2v) is 7.22. The van der Waals surface area contributed by atoms with E-state index in [2.05, 4.69) is 22.1 Å². The van der Waals surface area contributed by atoms with Gasteiger partial charge in [0.15, 0.2) is 5.13 Å². The third-order valence-electron chi connectivity index (χ3n) is 4.43. The van der Waals surface area contributed by atoms with E-state index in [0.29, 0.717) is 22.5 Å². The molecule has 2 aromatic rings. The highest BCUT2D eigenvalue weighted by molar-refractivity contribution is 7.15. The fraction of sp³-hybridized carbons (Fsp3) is 0.444. The maximum atomic E-state index is 12.4. The van der Waals surface area contributed by atoms with Crippen molar-refractivity contribution >= 4 is 22.4 Å². The van der Waals surface area contributed by atoms with Crippen molar-refractivity contribution < 1.29 is 9.53 Å². The Morgan fingerprint density at radius 2 is 2.25 bits per heavy atom. The number of hydrogen-bond acceptors (Lipinski definition) is 5. The number of thiazole rings is 1. The highest BCUT2D eigenvalue weighted by Crippen LogP contribution is 2.25. The van der Waals surface area contributed by atoms with Gasteiger partial charge in [0.05, 0.1) is 12.7 Å². The molecule has 1 fully saturated rings. The summed E-state index contributed by atoms with van der Waals surface area (Å²) >= 11 is 1.54. The minimum absolute atomic E-state index is 0.195. The molecular weight excluding hydrogens is 322 g/mol. The molecule has 2 heterocycles. The fourth-order valence-electron chi connectivity index (χ4n) is 3.03. The molecule has 5 nitrogen and oxygen atoms in total. The number of piperidine rings is 1. The second kappa shape index (κ2) is 7.77. The van der Waals surface area contributed by atoms with Gasteiger partial charge in [-0.3, -0.25) is 15.0 Å². The standard InChI is InChI=1S/C18H23N3O2S/c1-13-7-5-6-10-21(13)12-14-11-19-18(24-14)20-17(22)15-8-3-4-9-16(15)23-2/h3-4,8-9,11,13H,5-7,10,12H2,1-2H3,(H,19,20,22). The third-order valence-corrected chi connectivity index (χ3v) is 5.32. The van der Waals surface area contributed by atoms with Crippen LogP contribution in [0.5, 0.6) is 5.75 Å². The van der Waals surface area contributed by atoms with Crippen LogP contribution in [-0.2, 0) is 6.54 Å². The molecule has 1 aromatic heterocycles.